The third kappa shape index (κ3) is 6.74. The van der Waals surface area contributed by atoms with Crippen LogP contribution >= 0.6 is 11.3 Å². The molecule has 0 saturated carbocycles. The van der Waals surface area contributed by atoms with E-state index in [0.29, 0.717) is 40.4 Å². The number of rotatable bonds is 10. The van der Waals surface area contributed by atoms with Gasteiger partial charge in [0.05, 0.1) is 28.6 Å². The predicted molar refractivity (Wildman–Crippen MR) is 148 cm³/mol. The minimum absolute atomic E-state index is 0.0612. The second-order valence-corrected chi connectivity index (χ2v) is 10.7. The van der Waals surface area contributed by atoms with Crippen LogP contribution < -0.4 is 5.43 Å². The standard InChI is InChI=1S/C30H32N2O4S/c1-21(2)13-14-31(30(35)27-10-7-15-37-27)19-28(33)32(17-23-8-5-4-6-9-23)18-24-20-36-26-12-11-22(3)16-25(26)29(24)34/h4-12,15-16,20-21H,13-14,17-19H2,1-3H3. The molecule has 192 valence electrons. The lowest BCUT2D eigenvalue weighted by molar-refractivity contribution is -0.133. The summed E-state index contributed by atoms with van der Waals surface area (Å²) in [5.74, 6) is 0.0189. The first-order valence-corrected chi connectivity index (χ1v) is 13.4. The maximum absolute atomic E-state index is 13.7. The second kappa shape index (κ2) is 12.0. The first-order chi connectivity index (χ1) is 17.8. The molecule has 0 aliphatic rings. The van der Waals surface area contributed by atoms with Crippen molar-refractivity contribution in [1.82, 2.24) is 9.80 Å². The van der Waals surface area contributed by atoms with Crippen molar-refractivity contribution in [3.8, 4) is 0 Å². The first-order valence-electron chi connectivity index (χ1n) is 12.5. The van der Waals surface area contributed by atoms with Gasteiger partial charge in [-0.3, -0.25) is 14.4 Å². The van der Waals surface area contributed by atoms with Crippen LogP contribution in [-0.4, -0.2) is 34.7 Å². The number of carbonyl (C=O) groups excluding carboxylic acids is 2. The highest BCUT2D eigenvalue weighted by Crippen LogP contribution is 2.17. The van der Waals surface area contributed by atoms with Crippen molar-refractivity contribution in [2.45, 2.75) is 40.3 Å². The van der Waals surface area contributed by atoms with E-state index in [-0.39, 0.29) is 30.3 Å². The summed E-state index contributed by atoms with van der Waals surface area (Å²) in [5.41, 5.74) is 2.67. The number of nitrogens with zero attached hydrogens (tertiary/aromatic N) is 2. The highest BCUT2D eigenvalue weighted by molar-refractivity contribution is 7.12. The molecule has 0 fully saturated rings. The SMILES string of the molecule is Cc1ccc2occ(CN(Cc3ccccc3)C(=O)CN(CCC(C)C)C(=O)c3cccs3)c(=O)c2c1. The van der Waals surface area contributed by atoms with Crippen molar-refractivity contribution in [3.63, 3.8) is 0 Å². The zero-order valence-electron chi connectivity index (χ0n) is 21.5. The number of hydrogen-bond donors (Lipinski definition) is 0. The van der Waals surface area contributed by atoms with E-state index in [4.69, 9.17) is 4.42 Å². The van der Waals surface area contributed by atoms with E-state index in [1.54, 1.807) is 28.0 Å². The van der Waals surface area contributed by atoms with Gasteiger partial charge in [-0.25, -0.2) is 0 Å². The number of fused-ring (bicyclic) bond motifs is 1. The molecule has 4 rings (SSSR count). The summed E-state index contributed by atoms with van der Waals surface area (Å²) in [7, 11) is 0. The van der Waals surface area contributed by atoms with E-state index in [1.165, 1.54) is 17.6 Å². The Hall–Kier alpha value is -3.71. The Morgan fingerprint density at radius 3 is 2.46 bits per heavy atom. The smallest absolute Gasteiger partial charge is 0.264 e. The normalized spacial score (nSPS) is 11.1. The van der Waals surface area contributed by atoms with E-state index in [1.807, 2.05) is 54.8 Å². The molecule has 2 heterocycles. The minimum Gasteiger partial charge on any atom is -0.464 e. The van der Waals surface area contributed by atoms with Crippen LogP contribution in [0.25, 0.3) is 11.0 Å². The van der Waals surface area contributed by atoms with Crippen molar-refractivity contribution in [2.75, 3.05) is 13.1 Å². The largest absolute Gasteiger partial charge is 0.464 e. The Kier molecular flexibility index (Phi) is 8.56. The Morgan fingerprint density at radius 2 is 1.76 bits per heavy atom. The topological polar surface area (TPSA) is 70.8 Å². The molecule has 7 heteroatoms. The van der Waals surface area contributed by atoms with Gasteiger partial charge in [0, 0.05) is 13.1 Å². The van der Waals surface area contributed by atoms with Crippen LogP contribution in [0, 0.1) is 12.8 Å². The second-order valence-electron chi connectivity index (χ2n) is 9.71. The number of aryl methyl sites for hydroxylation is 1. The highest BCUT2D eigenvalue weighted by atomic mass is 32.1. The fraction of sp³-hybridized carbons (Fsp3) is 0.300. The number of thiophene rings is 1. The summed E-state index contributed by atoms with van der Waals surface area (Å²) in [6.45, 7) is 6.94. The molecule has 37 heavy (non-hydrogen) atoms. The van der Waals surface area contributed by atoms with Crippen LogP contribution in [0.3, 0.4) is 0 Å². The zero-order valence-corrected chi connectivity index (χ0v) is 22.3. The van der Waals surface area contributed by atoms with E-state index >= 15 is 0 Å². The van der Waals surface area contributed by atoms with Gasteiger partial charge in [0.1, 0.15) is 12.1 Å². The van der Waals surface area contributed by atoms with Crippen molar-refractivity contribution >= 4 is 34.1 Å². The lowest BCUT2D eigenvalue weighted by atomic mass is 10.1. The summed E-state index contributed by atoms with van der Waals surface area (Å²) in [4.78, 5) is 44.1. The third-order valence-electron chi connectivity index (χ3n) is 6.25. The number of amides is 2. The van der Waals surface area contributed by atoms with Gasteiger partial charge >= 0.3 is 0 Å². The van der Waals surface area contributed by atoms with E-state index in [2.05, 4.69) is 13.8 Å². The molecule has 0 aliphatic heterocycles. The van der Waals surface area contributed by atoms with Crippen molar-refractivity contribution in [1.29, 1.82) is 0 Å². The zero-order chi connectivity index (χ0) is 26.4. The van der Waals surface area contributed by atoms with Crippen molar-refractivity contribution in [3.05, 3.63) is 104 Å². The van der Waals surface area contributed by atoms with Gasteiger partial charge in [0.15, 0.2) is 5.43 Å². The quantitative estimate of drug-likeness (QED) is 0.264. The summed E-state index contributed by atoms with van der Waals surface area (Å²) in [5, 5.41) is 2.36. The Morgan fingerprint density at radius 1 is 0.973 bits per heavy atom. The van der Waals surface area contributed by atoms with Gasteiger partial charge in [-0.2, -0.15) is 0 Å². The molecule has 4 aromatic rings. The fourth-order valence-electron chi connectivity index (χ4n) is 4.12. The molecule has 6 nitrogen and oxygen atoms in total. The Bertz CT molecular complexity index is 1410. The van der Waals surface area contributed by atoms with Gasteiger partial charge in [0.25, 0.3) is 5.91 Å². The molecule has 0 radical (unpaired) electrons. The molecule has 2 aromatic carbocycles. The fourth-order valence-corrected chi connectivity index (χ4v) is 4.81. The molecule has 0 N–H and O–H groups in total. The van der Waals surface area contributed by atoms with Gasteiger partial charge < -0.3 is 14.2 Å². The molecule has 0 unspecified atom stereocenters. The Balaban J connectivity index is 1.63. The molecule has 0 saturated heterocycles. The predicted octanol–water partition coefficient (Wildman–Crippen LogP) is 5.88. The average Bonchev–Trinajstić information content (AvgIpc) is 3.43. The van der Waals surface area contributed by atoms with Crippen LogP contribution in [0.4, 0.5) is 0 Å². The Labute approximate surface area is 221 Å². The maximum Gasteiger partial charge on any atom is 0.264 e. The number of benzene rings is 2. The average molecular weight is 517 g/mol. The van der Waals surface area contributed by atoms with Gasteiger partial charge in [-0.15, -0.1) is 11.3 Å². The molecule has 0 aliphatic carbocycles. The third-order valence-corrected chi connectivity index (χ3v) is 7.11. The first kappa shape index (κ1) is 26.4. The monoisotopic (exact) mass is 516 g/mol. The molecule has 2 amide bonds. The van der Waals surface area contributed by atoms with E-state index < -0.39 is 0 Å². The van der Waals surface area contributed by atoms with Gasteiger partial charge in [0.2, 0.25) is 5.91 Å². The lowest BCUT2D eigenvalue weighted by Gasteiger charge is -2.28. The summed E-state index contributed by atoms with van der Waals surface area (Å²) in [6.07, 6.45) is 2.23. The molecule has 2 aromatic heterocycles. The van der Waals surface area contributed by atoms with Crippen LogP contribution in [0.15, 0.2) is 81.5 Å². The van der Waals surface area contributed by atoms with E-state index in [0.717, 1.165) is 17.5 Å². The van der Waals surface area contributed by atoms with Crippen LogP contribution in [-0.2, 0) is 17.9 Å². The summed E-state index contributed by atoms with van der Waals surface area (Å²) >= 11 is 1.37. The van der Waals surface area contributed by atoms with Crippen LogP contribution in [0.1, 0.15) is 46.6 Å². The number of carbonyl (C=O) groups is 2. The lowest BCUT2D eigenvalue weighted by Crippen LogP contribution is -2.43. The summed E-state index contributed by atoms with van der Waals surface area (Å²) < 4.78 is 5.74. The molecule has 0 bridgehead atoms. The van der Waals surface area contributed by atoms with Crippen LogP contribution in [0.5, 0.6) is 0 Å². The highest BCUT2D eigenvalue weighted by Gasteiger charge is 2.24. The van der Waals surface area contributed by atoms with E-state index in [9.17, 15) is 14.4 Å². The molecular weight excluding hydrogens is 484 g/mol. The van der Waals surface area contributed by atoms with Gasteiger partial charge in [-0.05, 0) is 48.4 Å². The minimum atomic E-state index is -0.221. The van der Waals surface area contributed by atoms with Crippen molar-refractivity contribution in [2.24, 2.45) is 5.92 Å². The molecule has 0 spiro atoms. The summed E-state index contributed by atoms with van der Waals surface area (Å²) in [6, 6.07) is 18.7. The number of hydrogen-bond acceptors (Lipinski definition) is 5. The van der Waals surface area contributed by atoms with Crippen LogP contribution in [0.2, 0.25) is 0 Å². The maximum atomic E-state index is 13.7. The van der Waals surface area contributed by atoms with Crippen molar-refractivity contribution < 1.29 is 14.0 Å². The molecular formula is C30H32N2O4S. The molecule has 0 atom stereocenters. The van der Waals surface area contributed by atoms with Gasteiger partial charge in [-0.1, -0.05) is 61.9 Å².